The van der Waals surface area contributed by atoms with Gasteiger partial charge in [0.2, 0.25) is 0 Å². The van der Waals surface area contributed by atoms with E-state index in [1.807, 2.05) is 42.5 Å². The summed E-state index contributed by atoms with van der Waals surface area (Å²) in [5.74, 6) is 0. The van der Waals surface area contributed by atoms with E-state index in [0.29, 0.717) is 5.69 Å². The molecule has 0 atom stereocenters. The molecule has 3 nitrogen and oxygen atoms in total. The van der Waals surface area contributed by atoms with Gasteiger partial charge in [0, 0.05) is 11.5 Å². The highest BCUT2D eigenvalue weighted by Gasteiger charge is 2.21. The molecule has 0 heterocycles. The molecule has 0 radical (unpaired) electrons. The third-order valence-electron chi connectivity index (χ3n) is 3.57. The summed E-state index contributed by atoms with van der Waals surface area (Å²) in [6.45, 7) is 0. The quantitative estimate of drug-likeness (QED) is 0.678. The van der Waals surface area contributed by atoms with Gasteiger partial charge in [0.05, 0.1) is 10.6 Å². The number of anilines is 1. The molecule has 0 aromatic heterocycles. The maximum Gasteiger partial charge on any atom is 0.264 e. The standard InChI is InChI=1S/C17H14BrNO2S/c1-19(22(20,21)17-10-7-15(18)8-11-17)16-9-6-13-4-2-3-5-14(13)12-16/h2-12H,1H3. The number of benzene rings is 3. The number of rotatable bonds is 3. The van der Waals surface area contributed by atoms with Crippen LogP contribution in [0.3, 0.4) is 0 Å². The van der Waals surface area contributed by atoms with Crippen LogP contribution in [0.25, 0.3) is 10.8 Å². The molecule has 0 bridgehead atoms. The maximum absolute atomic E-state index is 12.7. The average molecular weight is 376 g/mol. The lowest BCUT2D eigenvalue weighted by Crippen LogP contribution is -2.26. The van der Waals surface area contributed by atoms with Crippen molar-refractivity contribution >= 4 is 42.4 Å². The van der Waals surface area contributed by atoms with Crippen molar-refractivity contribution < 1.29 is 8.42 Å². The van der Waals surface area contributed by atoms with Crippen molar-refractivity contribution in [2.75, 3.05) is 11.4 Å². The molecule has 3 aromatic carbocycles. The van der Waals surface area contributed by atoms with Crippen molar-refractivity contribution in [2.24, 2.45) is 0 Å². The smallest absolute Gasteiger partial charge is 0.264 e. The van der Waals surface area contributed by atoms with Crippen molar-refractivity contribution in [3.8, 4) is 0 Å². The van der Waals surface area contributed by atoms with Gasteiger partial charge in [-0.25, -0.2) is 8.42 Å². The van der Waals surface area contributed by atoms with Crippen LogP contribution in [0.4, 0.5) is 5.69 Å². The minimum Gasteiger partial charge on any atom is -0.269 e. The Kier molecular flexibility index (Phi) is 3.93. The number of nitrogens with zero attached hydrogens (tertiary/aromatic N) is 1. The second kappa shape index (κ2) is 5.74. The molecule has 0 aliphatic heterocycles. The summed E-state index contributed by atoms with van der Waals surface area (Å²) in [4.78, 5) is 0.270. The molecular weight excluding hydrogens is 362 g/mol. The van der Waals surface area contributed by atoms with Gasteiger partial charge in [-0.05, 0) is 47.2 Å². The molecule has 112 valence electrons. The predicted molar refractivity (Wildman–Crippen MR) is 93.7 cm³/mol. The first-order valence-electron chi connectivity index (χ1n) is 6.72. The highest BCUT2D eigenvalue weighted by Crippen LogP contribution is 2.26. The lowest BCUT2D eigenvalue weighted by Gasteiger charge is -2.20. The fraction of sp³-hybridized carbons (Fsp3) is 0.0588. The van der Waals surface area contributed by atoms with Gasteiger partial charge < -0.3 is 0 Å². The summed E-state index contributed by atoms with van der Waals surface area (Å²) in [5, 5.41) is 2.10. The van der Waals surface area contributed by atoms with Crippen molar-refractivity contribution in [3.05, 3.63) is 71.2 Å². The Morgan fingerprint density at radius 2 is 1.50 bits per heavy atom. The monoisotopic (exact) mass is 375 g/mol. The van der Waals surface area contributed by atoms with E-state index < -0.39 is 10.0 Å². The molecule has 0 saturated heterocycles. The van der Waals surface area contributed by atoms with E-state index in [9.17, 15) is 8.42 Å². The first-order chi connectivity index (χ1) is 10.5. The van der Waals surface area contributed by atoms with Crippen LogP contribution < -0.4 is 4.31 Å². The van der Waals surface area contributed by atoms with Crippen LogP contribution in [0.1, 0.15) is 0 Å². The minimum absolute atomic E-state index is 0.270. The lowest BCUT2D eigenvalue weighted by molar-refractivity contribution is 0.594. The molecule has 0 aliphatic carbocycles. The molecule has 0 aliphatic rings. The maximum atomic E-state index is 12.7. The summed E-state index contributed by atoms with van der Waals surface area (Å²) in [5.41, 5.74) is 0.640. The average Bonchev–Trinajstić information content (AvgIpc) is 2.54. The van der Waals surface area contributed by atoms with Crippen LogP contribution in [0.15, 0.2) is 76.1 Å². The van der Waals surface area contributed by atoms with Crippen LogP contribution in [-0.4, -0.2) is 15.5 Å². The molecule has 3 rings (SSSR count). The van der Waals surface area contributed by atoms with Crippen molar-refractivity contribution in [3.63, 3.8) is 0 Å². The van der Waals surface area contributed by atoms with Crippen molar-refractivity contribution in [1.29, 1.82) is 0 Å². The third kappa shape index (κ3) is 2.74. The molecule has 0 saturated carbocycles. The zero-order valence-corrected chi connectivity index (χ0v) is 14.3. The molecule has 0 fully saturated rings. The summed E-state index contributed by atoms with van der Waals surface area (Å²) >= 11 is 3.31. The Balaban J connectivity index is 2.03. The predicted octanol–water partition coefficient (Wildman–Crippen LogP) is 4.43. The van der Waals surface area contributed by atoms with E-state index in [0.717, 1.165) is 15.2 Å². The number of fused-ring (bicyclic) bond motifs is 1. The molecular formula is C17H14BrNO2S. The molecule has 0 amide bonds. The molecule has 3 aromatic rings. The Morgan fingerprint density at radius 1 is 0.864 bits per heavy atom. The summed E-state index contributed by atoms with van der Waals surface area (Å²) in [7, 11) is -1.99. The van der Waals surface area contributed by atoms with Crippen molar-refractivity contribution in [1.82, 2.24) is 0 Å². The fourth-order valence-corrected chi connectivity index (χ4v) is 3.73. The van der Waals surface area contributed by atoms with E-state index >= 15 is 0 Å². The van der Waals surface area contributed by atoms with E-state index in [1.165, 1.54) is 4.31 Å². The fourth-order valence-electron chi connectivity index (χ4n) is 2.28. The van der Waals surface area contributed by atoms with Gasteiger partial charge in [0.15, 0.2) is 0 Å². The SMILES string of the molecule is CN(c1ccc2ccccc2c1)S(=O)(=O)c1ccc(Br)cc1. The summed E-state index contributed by atoms with van der Waals surface area (Å²) < 4.78 is 27.5. The van der Waals surface area contributed by atoms with Gasteiger partial charge in [0.25, 0.3) is 10.0 Å². The molecule has 22 heavy (non-hydrogen) atoms. The molecule has 0 spiro atoms. The van der Waals surface area contributed by atoms with Gasteiger partial charge in [-0.1, -0.05) is 46.3 Å². The number of hydrogen-bond acceptors (Lipinski definition) is 2. The third-order valence-corrected chi connectivity index (χ3v) is 5.90. The largest absolute Gasteiger partial charge is 0.269 e. The number of halogens is 1. The Hall–Kier alpha value is -1.85. The van der Waals surface area contributed by atoms with E-state index in [2.05, 4.69) is 15.9 Å². The van der Waals surface area contributed by atoms with E-state index in [1.54, 1.807) is 31.3 Å². The Bertz CT molecular complexity index is 921. The van der Waals surface area contributed by atoms with Gasteiger partial charge in [0.1, 0.15) is 0 Å². The Morgan fingerprint density at radius 3 is 2.18 bits per heavy atom. The Labute approximate surface area is 138 Å². The van der Waals surface area contributed by atoms with Crippen LogP contribution in [0, 0.1) is 0 Å². The first-order valence-corrected chi connectivity index (χ1v) is 8.95. The van der Waals surface area contributed by atoms with Crippen LogP contribution in [-0.2, 0) is 10.0 Å². The normalized spacial score (nSPS) is 11.5. The number of hydrogen-bond donors (Lipinski definition) is 0. The van der Waals surface area contributed by atoms with Gasteiger partial charge >= 0.3 is 0 Å². The molecule has 0 N–H and O–H groups in total. The van der Waals surface area contributed by atoms with E-state index in [-0.39, 0.29) is 4.90 Å². The zero-order chi connectivity index (χ0) is 15.7. The summed E-state index contributed by atoms with van der Waals surface area (Å²) in [6.07, 6.45) is 0. The second-order valence-electron chi connectivity index (χ2n) is 4.96. The lowest BCUT2D eigenvalue weighted by atomic mass is 10.1. The van der Waals surface area contributed by atoms with Gasteiger partial charge in [-0.3, -0.25) is 4.31 Å². The molecule has 5 heteroatoms. The zero-order valence-electron chi connectivity index (χ0n) is 11.9. The van der Waals surface area contributed by atoms with Gasteiger partial charge in [-0.15, -0.1) is 0 Å². The topological polar surface area (TPSA) is 37.4 Å². The van der Waals surface area contributed by atoms with Crippen LogP contribution in [0.5, 0.6) is 0 Å². The highest BCUT2D eigenvalue weighted by atomic mass is 79.9. The second-order valence-corrected chi connectivity index (χ2v) is 7.84. The number of sulfonamides is 1. The van der Waals surface area contributed by atoms with Gasteiger partial charge in [-0.2, -0.15) is 0 Å². The van der Waals surface area contributed by atoms with E-state index in [4.69, 9.17) is 0 Å². The summed E-state index contributed by atoms with van der Waals surface area (Å²) in [6, 6.07) is 20.1. The van der Waals surface area contributed by atoms with Crippen LogP contribution >= 0.6 is 15.9 Å². The highest BCUT2D eigenvalue weighted by molar-refractivity contribution is 9.10. The first kappa shape index (κ1) is 15.1. The molecule has 0 unspecified atom stereocenters. The minimum atomic E-state index is -3.56. The van der Waals surface area contributed by atoms with Crippen molar-refractivity contribution in [2.45, 2.75) is 4.90 Å². The van der Waals surface area contributed by atoms with Crippen LogP contribution in [0.2, 0.25) is 0 Å².